The van der Waals surface area contributed by atoms with Crippen LogP contribution in [0.2, 0.25) is 0 Å². The summed E-state index contributed by atoms with van der Waals surface area (Å²) in [6.45, 7) is 3.00. The first-order valence-electron chi connectivity index (χ1n) is 9.29. The Hall–Kier alpha value is -3.28. The fourth-order valence-electron chi connectivity index (χ4n) is 3.16. The summed E-state index contributed by atoms with van der Waals surface area (Å²) < 4.78 is 30.6. The van der Waals surface area contributed by atoms with Crippen LogP contribution in [0.3, 0.4) is 0 Å². The van der Waals surface area contributed by atoms with E-state index in [1.807, 2.05) is 41.1 Å². The van der Waals surface area contributed by atoms with E-state index in [1.54, 1.807) is 6.33 Å². The van der Waals surface area contributed by atoms with E-state index in [2.05, 4.69) is 21.9 Å². The Bertz CT molecular complexity index is 1060. The number of benzene rings is 2. The monoisotopic (exact) mass is 378 g/mol. The van der Waals surface area contributed by atoms with E-state index in [0.29, 0.717) is 17.1 Å². The molecule has 0 saturated carbocycles. The summed E-state index contributed by atoms with van der Waals surface area (Å²) in [6.07, 6.45) is 5.83. The Labute approximate surface area is 161 Å². The van der Waals surface area contributed by atoms with Crippen molar-refractivity contribution in [2.45, 2.75) is 26.3 Å². The molecule has 4 nitrogen and oxygen atoms in total. The lowest BCUT2D eigenvalue weighted by Crippen LogP contribution is -1.92. The van der Waals surface area contributed by atoms with Crippen molar-refractivity contribution in [1.82, 2.24) is 19.5 Å². The van der Waals surface area contributed by atoms with Crippen LogP contribution in [0.15, 0.2) is 61.1 Å². The van der Waals surface area contributed by atoms with Crippen LogP contribution in [0.4, 0.5) is 8.78 Å². The Morgan fingerprint density at radius 1 is 1.00 bits per heavy atom. The minimum atomic E-state index is -0.659. The molecule has 2 aromatic carbocycles. The van der Waals surface area contributed by atoms with Crippen LogP contribution in [0.5, 0.6) is 0 Å². The number of nitrogens with zero attached hydrogens (tertiary/aromatic N) is 3. The molecule has 2 heterocycles. The molecule has 0 spiro atoms. The second kappa shape index (κ2) is 7.76. The first kappa shape index (κ1) is 18.1. The molecular weight excluding hydrogens is 358 g/mol. The van der Waals surface area contributed by atoms with E-state index >= 15 is 0 Å². The topological polar surface area (TPSA) is 46.5 Å². The number of aromatic nitrogens is 4. The molecule has 0 aliphatic heterocycles. The number of imidazole rings is 2. The third kappa shape index (κ3) is 3.45. The summed E-state index contributed by atoms with van der Waals surface area (Å²) in [5.41, 5.74) is 2.61. The molecule has 0 aliphatic rings. The maximum absolute atomic E-state index is 14.3. The zero-order valence-electron chi connectivity index (χ0n) is 15.5. The molecule has 0 radical (unpaired) electrons. The largest absolute Gasteiger partial charge is 0.337 e. The Balaban J connectivity index is 1.85. The van der Waals surface area contributed by atoms with Gasteiger partial charge in [-0.05, 0) is 18.6 Å². The second-order valence-corrected chi connectivity index (χ2v) is 6.62. The lowest BCUT2D eigenvalue weighted by Gasteiger charge is -2.00. The normalized spacial score (nSPS) is 11.1. The molecule has 0 aliphatic carbocycles. The zero-order valence-corrected chi connectivity index (χ0v) is 15.5. The maximum atomic E-state index is 14.3. The predicted octanol–water partition coefficient (Wildman–Crippen LogP) is 5.69. The highest BCUT2D eigenvalue weighted by atomic mass is 19.1. The van der Waals surface area contributed by atoms with E-state index in [1.165, 1.54) is 18.2 Å². The van der Waals surface area contributed by atoms with Crippen molar-refractivity contribution in [2.75, 3.05) is 0 Å². The van der Waals surface area contributed by atoms with Crippen LogP contribution in [0, 0.1) is 11.6 Å². The van der Waals surface area contributed by atoms with Crippen LogP contribution in [0.1, 0.15) is 19.8 Å². The average Bonchev–Trinajstić information content (AvgIpc) is 3.34. The highest BCUT2D eigenvalue weighted by molar-refractivity contribution is 5.79. The number of H-pyrrole nitrogens is 1. The summed E-state index contributed by atoms with van der Waals surface area (Å²) >= 11 is 0. The van der Waals surface area contributed by atoms with Crippen molar-refractivity contribution in [2.24, 2.45) is 0 Å². The van der Waals surface area contributed by atoms with Crippen molar-refractivity contribution < 1.29 is 8.78 Å². The number of aromatic amines is 1. The van der Waals surface area contributed by atoms with Gasteiger partial charge >= 0.3 is 0 Å². The van der Waals surface area contributed by atoms with Crippen LogP contribution in [-0.2, 0) is 6.54 Å². The van der Waals surface area contributed by atoms with Crippen LogP contribution in [0.25, 0.3) is 34.0 Å². The molecule has 6 heteroatoms. The van der Waals surface area contributed by atoms with Gasteiger partial charge in [0.15, 0.2) is 0 Å². The van der Waals surface area contributed by atoms with Crippen molar-refractivity contribution in [3.05, 3.63) is 72.7 Å². The summed E-state index contributed by atoms with van der Waals surface area (Å²) in [5.74, 6) is -1.17. The number of hydrogen-bond donors (Lipinski definition) is 1. The van der Waals surface area contributed by atoms with Gasteiger partial charge in [0.1, 0.15) is 23.2 Å². The maximum Gasteiger partial charge on any atom is 0.144 e. The predicted molar refractivity (Wildman–Crippen MR) is 106 cm³/mol. The van der Waals surface area contributed by atoms with Crippen LogP contribution in [-0.4, -0.2) is 19.5 Å². The van der Waals surface area contributed by atoms with E-state index < -0.39 is 11.6 Å². The van der Waals surface area contributed by atoms with Gasteiger partial charge in [-0.1, -0.05) is 49.7 Å². The van der Waals surface area contributed by atoms with Crippen LogP contribution < -0.4 is 0 Å². The van der Waals surface area contributed by atoms with Crippen molar-refractivity contribution >= 4 is 0 Å². The lowest BCUT2D eigenvalue weighted by molar-refractivity contribution is 0.588. The molecule has 142 valence electrons. The molecule has 28 heavy (non-hydrogen) atoms. The van der Waals surface area contributed by atoms with Crippen molar-refractivity contribution in [3.63, 3.8) is 0 Å². The molecule has 0 amide bonds. The minimum Gasteiger partial charge on any atom is -0.337 e. The number of halogens is 2. The third-order valence-corrected chi connectivity index (χ3v) is 4.61. The Morgan fingerprint density at radius 3 is 2.46 bits per heavy atom. The number of unbranched alkanes of at least 4 members (excludes halogenated alkanes) is 1. The third-order valence-electron chi connectivity index (χ3n) is 4.61. The van der Waals surface area contributed by atoms with E-state index in [0.717, 1.165) is 24.9 Å². The zero-order chi connectivity index (χ0) is 19.5. The number of nitrogens with one attached hydrogen (secondary N) is 1. The summed E-state index contributed by atoms with van der Waals surface area (Å²) in [5, 5.41) is 0. The highest BCUT2D eigenvalue weighted by Crippen LogP contribution is 2.33. The fourth-order valence-corrected chi connectivity index (χ4v) is 3.16. The van der Waals surface area contributed by atoms with Gasteiger partial charge in [0.25, 0.3) is 0 Å². The smallest absolute Gasteiger partial charge is 0.144 e. The molecule has 0 saturated heterocycles. The molecule has 0 bridgehead atoms. The van der Waals surface area contributed by atoms with Crippen molar-refractivity contribution in [3.8, 4) is 34.0 Å². The van der Waals surface area contributed by atoms with Gasteiger partial charge in [0, 0.05) is 18.3 Å². The minimum absolute atomic E-state index is 0.146. The highest BCUT2D eigenvalue weighted by Gasteiger charge is 2.21. The molecule has 0 atom stereocenters. The molecule has 2 aromatic heterocycles. The van der Waals surface area contributed by atoms with Gasteiger partial charge in [-0.25, -0.2) is 18.7 Å². The molecular formula is C22H20F2N4. The van der Waals surface area contributed by atoms with E-state index in [4.69, 9.17) is 0 Å². The van der Waals surface area contributed by atoms with Crippen LogP contribution >= 0.6 is 0 Å². The molecule has 4 aromatic rings. The first-order valence-corrected chi connectivity index (χ1v) is 9.29. The Morgan fingerprint density at radius 2 is 1.75 bits per heavy atom. The standard InChI is InChI=1S/C22H20F2N4/c1-2-3-12-28-13-18(25-14-28)21-20(15-8-5-4-6-9-15)26-22(27-21)19-16(23)10-7-11-17(19)24/h4-11,13-14H,2-3,12H2,1H3,(H,26,27). The fraction of sp³-hybridized carbons (Fsp3) is 0.182. The van der Waals surface area contributed by atoms with Gasteiger partial charge in [-0.3, -0.25) is 0 Å². The van der Waals surface area contributed by atoms with E-state index in [-0.39, 0.29) is 11.4 Å². The quantitative estimate of drug-likeness (QED) is 0.469. The summed E-state index contributed by atoms with van der Waals surface area (Å²) in [6, 6.07) is 13.3. The summed E-state index contributed by atoms with van der Waals surface area (Å²) in [4.78, 5) is 12.1. The average molecular weight is 378 g/mol. The first-order chi connectivity index (χ1) is 13.7. The Kier molecular flexibility index (Phi) is 5.02. The SMILES string of the molecule is CCCCn1cnc(-c2[nH]c(-c3c(F)cccc3F)nc2-c2ccccc2)c1. The number of aryl methyl sites for hydroxylation is 1. The lowest BCUT2D eigenvalue weighted by atomic mass is 10.1. The van der Waals surface area contributed by atoms with Gasteiger partial charge < -0.3 is 9.55 Å². The molecule has 0 fully saturated rings. The molecule has 4 rings (SSSR count). The van der Waals surface area contributed by atoms with Gasteiger partial charge in [-0.2, -0.15) is 0 Å². The van der Waals surface area contributed by atoms with E-state index in [9.17, 15) is 8.78 Å². The second-order valence-electron chi connectivity index (χ2n) is 6.62. The number of rotatable bonds is 6. The summed E-state index contributed by atoms with van der Waals surface area (Å²) in [7, 11) is 0. The molecule has 1 N–H and O–H groups in total. The van der Waals surface area contributed by atoms with Gasteiger partial charge in [0.2, 0.25) is 0 Å². The van der Waals surface area contributed by atoms with Gasteiger partial charge in [0.05, 0.1) is 23.3 Å². The molecule has 0 unspecified atom stereocenters. The van der Waals surface area contributed by atoms with Crippen molar-refractivity contribution in [1.29, 1.82) is 0 Å². The number of hydrogen-bond acceptors (Lipinski definition) is 2. The van der Waals surface area contributed by atoms with Gasteiger partial charge in [-0.15, -0.1) is 0 Å².